The van der Waals surface area contributed by atoms with Crippen LogP contribution in [0.5, 0.6) is 0 Å². The molecule has 31 heavy (non-hydrogen) atoms. The van der Waals surface area contributed by atoms with E-state index >= 15 is 0 Å². The molecule has 5 rings (SSSR count). The number of hydrogen-bond acceptors (Lipinski definition) is 5. The van der Waals surface area contributed by atoms with E-state index in [-0.39, 0.29) is 11.3 Å². The van der Waals surface area contributed by atoms with Crippen molar-refractivity contribution in [1.29, 1.82) is 0 Å². The van der Waals surface area contributed by atoms with Crippen molar-refractivity contribution in [2.75, 3.05) is 25.4 Å². The lowest BCUT2D eigenvalue weighted by atomic mass is 9.98. The molecular weight excluding hydrogens is 416 g/mol. The third-order valence-corrected chi connectivity index (χ3v) is 7.70. The van der Waals surface area contributed by atoms with Gasteiger partial charge < -0.3 is 9.47 Å². The van der Waals surface area contributed by atoms with Gasteiger partial charge in [-0.25, -0.2) is 8.78 Å². The highest BCUT2D eigenvalue weighted by Crippen LogP contribution is 2.64. The fourth-order valence-corrected chi connectivity index (χ4v) is 5.67. The smallest absolute Gasteiger partial charge is 0.191 e. The van der Waals surface area contributed by atoms with Crippen molar-refractivity contribution in [3.63, 3.8) is 0 Å². The van der Waals surface area contributed by atoms with E-state index in [0.717, 1.165) is 67.3 Å². The average molecular weight is 442 g/mol. The van der Waals surface area contributed by atoms with Gasteiger partial charge in [-0.1, -0.05) is 17.8 Å². The number of halogens is 2. The van der Waals surface area contributed by atoms with Crippen LogP contribution in [0.25, 0.3) is 11.4 Å². The van der Waals surface area contributed by atoms with Gasteiger partial charge in [0.15, 0.2) is 11.0 Å². The van der Waals surface area contributed by atoms with Crippen LogP contribution in [0.2, 0.25) is 0 Å². The molecule has 1 spiro atoms. The van der Waals surface area contributed by atoms with E-state index in [1.165, 1.54) is 6.07 Å². The Hall–Kier alpha value is -2.32. The summed E-state index contributed by atoms with van der Waals surface area (Å²) in [7, 11) is 1.98. The normalized spacial score (nSPS) is 23.0. The molecule has 162 valence electrons. The Balaban J connectivity index is 1.10. The molecule has 8 heteroatoms. The minimum Gasteiger partial charge on any atom is -0.305 e. The summed E-state index contributed by atoms with van der Waals surface area (Å²) in [5.41, 5.74) is 1.84. The van der Waals surface area contributed by atoms with Gasteiger partial charge in [-0.2, -0.15) is 0 Å². The van der Waals surface area contributed by atoms with Crippen molar-refractivity contribution < 1.29 is 8.78 Å². The molecule has 0 N–H and O–H groups in total. The molecule has 5 nitrogen and oxygen atoms in total. The number of likely N-dealkylation sites (tertiary alicyclic amines) is 1. The van der Waals surface area contributed by atoms with Crippen LogP contribution in [0, 0.1) is 17.0 Å². The van der Waals surface area contributed by atoms with Crippen molar-refractivity contribution in [2.24, 2.45) is 12.5 Å². The lowest BCUT2D eigenvalue weighted by Gasteiger charge is -2.16. The van der Waals surface area contributed by atoms with Crippen molar-refractivity contribution >= 4 is 11.8 Å². The first-order valence-corrected chi connectivity index (χ1v) is 11.6. The number of pyridine rings is 1. The predicted molar refractivity (Wildman–Crippen MR) is 117 cm³/mol. The second kappa shape index (κ2) is 8.31. The van der Waals surface area contributed by atoms with Crippen LogP contribution in [0.15, 0.2) is 47.9 Å². The van der Waals surface area contributed by atoms with Crippen LogP contribution in [0.1, 0.15) is 30.7 Å². The largest absolute Gasteiger partial charge is 0.305 e. The zero-order chi connectivity index (χ0) is 21.4. The monoisotopic (exact) mass is 441 g/mol. The van der Waals surface area contributed by atoms with Gasteiger partial charge in [0.05, 0.1) is 0 Å². The molecule has 1 saturated heterocycles. The van der Waals surface area contributed by atoms with Crippen LogP contribution in [-0.2, 0) is 7.05 Å². The Morgan fingerprint density at radius 2 is 2.13 bits per heavy atom. The molecule has 0 amide bonds. The van der Waals surface area contributed by atoms with E-state index in [0.29, 0.717) is 5.56 Å². The van der Waals surface area contributed by atoms with E-state index in [1.54, 1.807) is 30.2 Å². The molecule has 2 fully saturated rings. The second-order valence-electron chi connectivity index (χ2n) is 8.62. The molecule has 2 aromatic heterocycles. The average Bonchev–Trinajstić information content (AvgIpc) is 3.10. The van der Waals surface area contributed by atoms with Gasteiger partial charge in [-0.3, -0.25) is 4.98 Å². The molecule has 1 aliphatic heterocycles. The summed E-state index contributed by atoms with van der Waals surface area (Å²) in [4.78, 5) is 6.64. The lowest BCUT2D eigenvalue weighted by Crippen LogP contribution is -2.23. The molecule has 1 saturated carbocycles. The van der Waals surface area contributed by atoms with Gasteiger partial charge in [0.2, 0.25) is 0 Å². The van der Waals surface area contributed by atoms with Crippen LogP contribution >= 0.6 is 11.8 Å². The highest BCUT2D eigenvalue weighted by molar-refractivity contribution is 7.99. The number of rotatable bonds is 7. The molecule has 3 aromatic rings. The summed E-state index contributed by atoms with van der Waals surface area (Å²) < 4.78 is 29.4. The van der Waals surface area contributed by atoms with Gasteiger partial charge in [-0.15, -0.1) is 10.2 Å². The maximum Gasteiger partial charge on any atom is 0.191 e. The lowest BCUT2D eigenvalue weighted by molar-refractivity contribution is 0.319. The molecule has 1 unspecified atom stereocenters. The van der Waals surface area contributed by atoms with Crippen LogP contribution in [-0.4, -0.2) is 50.0 Å². The van der Waals surface area contributed by atoms with Gasteiger partial charge in [0.1, 0.15) is 11.6 Å². The zero-order valence-electron chi connectivity index (χ0n) is 17.5. The summed E-state index contributed by atoms with van der Waals surface area (Å²) in [5.74, 6) is 1.13. The standard InChI is InChI=1S/C23H25F2N5S/c1-29-21(16-4-2-8-26-14-16)27-28-22(29)31-11-3-9-30-10-7-23(15-30)13-19(23)18-6-5-17(24)12-20(18)25/h2,4-6,8,12,14,19H,3,7,9-11,13,15H2,1H3/t19?,23-/m0/s1. The zero-order valence-corrected chi connectivity index (χ0v) is 18.3. The maximum absolute atomic E-state index is 14.2. The summed E-state index contributed by atoms with van der Waals surface area (Å²) in [6, 6.07) is 7.90. The molecule has 0 bridgehead atoms. The number of hydrogen-bond donors (Lipinski definition) is 0. The van der Waals surface area contributed by atoms with Gasteiger partial charge in [0, 0.05) is 43.4 Å². The topological polar surface area (TPSA) is 46.8 Å². The first-order valence-electron chi connectivity index (χ1n) is 10.7. The van der Waals surface area contributed by atoms with Gasteiger partial charge in [0.25, 0.3) is 0 Å². The molecule has 1 aliphatic carbocycles. The maximum atomic E-state index is 14.2. The summed E-state index contributed by atoms with van der Waals surface area (Å²) in [5, 5.41) is 9.54. The van der Waals surface area contributed by atoms with Crippen molar-refractivity contribution in [3.8, 4) is 11.4 Å². The first-order chi connectivity index (χ1) is 15.1. The minimum atomic E-state index is -0.503. The molecule has 0 radical (unpaired) electrons. The van der Waals surface area contributed by atoms with E-state index < -0.39 is 11.6 Å². The molecule has 2 atom stereocenters. The van der Waals surface area contributed by atoms with Crippen molar-refractivity contribution in [2.45, 2.75) is 30.3 Å². The minimum absolute atomic E-state index is 0.189. The van der Waals surface area contributed by atoms with Crippen LogP contribution < -0.4 is 0 Å². The van der Waals surface area contributed by atoms with E-state index in [1.807, 2.05) is 23.7 Å². The van der Waals surface area contributed by atoms with E-state index in [9.17, 15) is 8.78 Å². The number of thioether (sulfide) groups is 1. The Kier molecular flexibility index (Phi) is 5.52. The molecule has 2 aliphatic rings. The Morgan fingerprint density at radius 1 is 1.23 bits per heavy atom. The summed E-state index contributed by atoms with van der Waals surface area (Å²) in [6.07, 6.45) is 6.71. The van der Waals surface area contributed by atoms with E-state index in [2.05, 4.69) is 20.1 Å². The summed E-state index contributed by atoms with van der Waals surface area (Å²) in [6.45, 7) is 3.09. The third-order valence-electron chi connectivity index (χ3n) is 6.60. The van der Waals surface area contributed by atoms with Crippen LogP contribution in [0.3, 0.4) is 0 Å². The SMILES string of the molecule is Cn1c(SCCCN2CC[C@]3(CC3c3ccc(F)cc3F)C2)nnc1-c1cccnc1. The van der Waals surface area contributed by atoms with E-state index in [4.69, 9.17) is 0 Å². The third kappa shape index (κ3) is 4.11. The summed E-state index contributed by atoms with van der Waals surface area (Å²) >= 11 is 1.72. The van der Waals surface area contributed by atoms with Crippen LogP contribution in [0.4, 0.5) is 8.78 Å². The molecule has 3 heterocycles. The first kappa shape index (κ1) is 20.6. The Labute approximate surface area is 184 Å². The van der Waals surface area contributed by atoms with Gasteiger partial charge >= 0.3 is 0 Å². The Morgan fingerprint density at radius 3 is 2.94 bits per heavy atom. The molecular formula is C23H25F2N5S. The molecule has 1 aromatic carbocycles. The quantitative estimate of drug-likeness (QED) is 0.399. The van der Waals surface area contributed by atoms with Crippen molar-refractivity contribution in [3.05, 3.63) is 59.9 Å². The highest BCUT2D eigenvalue weighted by atomic mass is 32.2. The fourth-order valence-electron chi connectivity index (χ4n) is 4.84. The fraction of sp³-hybridized carbons (Fsp3) is 0.435. The Bertz CT molecular complexity index is 1070. The number of aromatic nitrogens is 4. The van der Waals surface area contributed by atoms with Crippen molar-refractivity contribution in [1.82, 2.24) is 24.6 Å². The number of nitrogens with zero attached hydrogens (tertiary/aromatic N) is 5. The number of benzene rings is 1. The van der Waals surface area contributed by atoms with Gasteiger partial charge in [-0.05, 0) is 67.4 Å². The second-order valence-corrected chi connectivity index (χ2v) is 9.68. The predicted octanol–water partition coefficient (Wildman–Crippen LogP) is 4.52. The highest BCUT2D eigenvalue weighted by Gasteiger charge is 2.58.